The number of fused-ring (bicyclic) bond motifs is 1. The summed E-state index contributed by atoms with van der Waals surface area (Å²) < 4.78 is 27.0. The molecule has 0 radical (unpaired) electrons. The molecular formula is C17H16Cl2N2O2S. The van der Waals surface area contributed by atoms with Crippen LogP contribution in [0.4, 0.5) is 0 Å². The number of sulfonamides is 1. The summed E-state index contributed by atoms with van der Waals surface area (Å²) in [5, 5.41) is 2.12. The maximum Gasteiger partial charge on any atom is 0.215 e. The van der Waals surface area contributed by atoms with Gasteiger partial charge in [-0.15, -0.1) is 0 Å². The van der Waals surface area contributed by atoms with Crippen LogP contribution < -0.4 is 4.72 Å². The smallest absolute Gasteiger partial charge is 0.215 e. The van der Waals surface area contributed by atoms with E-state index in [1.807, 2.05) is 24.4 Å². The van der Waals surface area contributed by atoms with E-state index in [0.717, 1.165) is 16.5 Å². The van der Waals surface area contributed by atoms with Crippen LogP contribution in [0, 0.1) is 0 Å². The van der Waals surface area contributed by atoms with Crippen molar-refractivity contribution in [2.45, 2.75) is 12.2 Å². The summed E-state index contributed by atoms with van der Waals surface area (Å²) in [6.07, 6.45) is 2.45. The quantitative estimate of drug-likeness (QED) is 0.672. The van der Waals surface area contributed by atoms with Crippen molar-refractivity contribution >= 4 is 44.1 Å². The molecule has 24 heavy (non-hydrogen) atoms. The van der Waals surface area contributed by atoms with Gasteiger partial charge < -0.3 is 4.98 Å². The molecular weight excluding hydrogens is 367 g/mol. The molecule has 0 atom stereocenters. The molecule has 0 aliphatic rings. The third-order valence-corrected chi connectivity index (χ3v) is 5.69. The molecule has 3 aromatic rings. The van der Waals surface area contributed by atoms with Gasteiger partial charge in [0, 0.05) is 33.7 Å². The fourth-order valence-electron chi connectivity index (χ4n) is 2.57. The van der Waals surface area contributed by atoms with Crippen LogP contribution in [0.5, 0.6) is 0 Å². The van der Waals surface area contributed by atoms with E-state index in [2.05, 4.69) is 9.71 Å². The third-order valence-electron chi connectivity index (χ3n) is 3.75. The highest BCUT2D eigenvalue weighted by Crippen LogP contribution is 2.22. The SMILES string of the molecule is O=S(=O)(Cc1ccccc1Cl)NCCc1c[nH]c2ccc(Cl)cc12. The first-order valence-electron chi connectivity index (χ1n) is 7.41. The number of hydrogen-bond acceptors (Lipinski definition) is 2. The molecule has 2 N–H and O–H groups in total. The summed E-state index contributed by atoms with van der Waals surface area (Å²) in [6.45, 7) is 0.312. The molecule has 7 heteroatoms. The Morgan fingerprint density at radius 1 is 1.04 bits per heavy atom. The lowest BCUT2D eigenvalue weighted by Gasteiger charge is -2.08. The Balaban J connectivity index is 1.64. The summed E-state index contributed by atoms with van der Waals surface area (Å²) in [5.41, 5.74) is 2.59. The molecule has 0 saturated heterocycles. The number of nitrogens with one attached hydrogen (secondary N) is 2. The Hall–Kier alpha value is -1.53. The van der Waals surface area contributed by atoms with E-state index in [9.17, 15) is 8.42 Å². The number of H-pyrrole nitrogens is 1. The highest BCUT2D eigenvalue weighted by Gasteiger charge is 2.13. The molecule has 0 unspecified atom stereocenters. The van der Waals surface area contributed by atoms with E-state index in [1.165, 1.54) is 0 Å². The monoisotopic (exact) mass is 382 g/mol. The maximum atomic E-state index is 12.2. The van der Waals surface area contributed by atoms with Gasteiger partial charge in [-0.3, -0.25) is 0 Å². The molecule has 4 nitrogen and oxygen atoms in total. The molecule has 126 valence electrons. The van der Waals surface area contributed by atoms with Crippen molar-refractivity contribution in [3.8, 4) is 0 Å². The Kier molecular flexibility index (Phi) is 5.15. The summed E-state index contributed by atoms with van der Waals surface area (Å²) in [4.78, 5) is 3.16. The number of halogens is 2. The molecule has 0 spiro atoms. The highest BCUT2D eigenvalue weighted by molar-refractivity contribution is 7.88. The van der Waals surface area contributed by atoms with Crippen LogP contribution in [0.2, 0.25) is 10.0 Å². The zero-order valence-electron chi connectivity index (χ0n) is 12.7. The van der Waals surface area contributed by atoms with Crippen LogP contribution in [-0.4, -0.2) is 19.9 Å². The molecule has 0 amide bonds. The number of rotatable bonds is 6. The van der Waals surface area contributed by atoms with Crippen molar-refractivity contribution in [2.24, 2.45) is 0 Å². The minimum Gasteiger partial charge on any atom is -0.361 e. The fraction of sp³-hybridized carbons (Fsp3) is 0.176. The highest BCUT2D eigenvalue weighted by atomic mass is 35.5. The minimum absolute atomic E-state index is 0.133. The predicted octanol–water partition coefficient (Wildman–Crippen LogP) is 4.14. The zero-order chi connectivity index (χ0) is 17.2. The first-order chi connectivity index (χ1) is 11.4. The van der Waals surface area contributed by atoms with E-state index in [0.29, 0.717) is 28.6 Å². The minimum atomic E-state index is -3.44. The number of hydrogen-bond donors (Lipinski definition) is 2. The third kappa shape index (κ3) is 4.11. The molecule has 0 aliphatic carbocycles. The Bertz CT molecular complexity index is 968. The zero-order valence-corrected chi connectivity index (χ0v) is 15.0. The number of aromatic amines is 1. The Morgan fingerprint density at radius 2 is 1.83 bits per heavy atom. The number of aromatic nitrogens is 1. The molecule has 1 aromatic heterocycles. The van der Waals surface area contributed by atoms with Gasteiger partial charge in [0.25, 0.3) is 0 Å². The number of benzene rings is 2. The summed E-state index contributed by atoms with van der Waals surface area (Å²) in [6, 6.07) is 12.5. The molecule has 1 heterocycles. The van der Waals surface area contributed by atoms with E-state index in [1.54, 1.807) is 24.3 Å². The van der Waals surface area contributed by atoms with Crippen molar-refractivity contribution in [1.82, 2.24) is 9.71 Å². The largest absolute Gasteiger partial charge is 0.361 e. The topological polar surface area (TPSA) is 62.0 Å². The normalized spacial score (nSPS) is 11.9. The average molecular weight is 383 g/mol. The lowest BCUT2D eigenvalue weighted by atomic mass is 10.1. The van der Waals surface area contributed by atoms with Gasteiger partial charge in [0.15, 0.2) is 0 Å². The van der Waals surface area contributed by atoms with E-state index in [4.69, 9.17) is 23.2 Å². The predicted molar refractivity (Wildman–Crippen MR) is 99.1 cm³/mol. The van der Waals surface area contributed by atoms with Crippen molar-refractivity contribution in [1.29, 1.82) is 0 Å². The first-order valence-corrected chi connectivity index (χ1v) is 9.82. The fourth-order valence-corrected chi connectivity index (χ4v) is 4.20. The van der Waals surface area contributed by atoms with Gasteiger partial charge in [-0.25, -0.2) is 13.1 Å². The second-order valence-electron chi connectivity index (χ2n) is 5.50. The second kappa shape index (κ2) is 7.15. The standard InChI is InChI=1S/C17H16Cl2N2O2S/c18-14-5-6-17-15(9-14)12(10-20-17)7-8-21-24(22,23)11-13-3-1-2-4-16(13)19/h1-6,9-10,20-21H,7-8,11H2. The summed E-state index contributed by atoms with van der Waals surface area (Å²) in [7, 11) is -3.44. The van der Waals surface area contributed by atoms with Crippen molar-refractivity contribution in [3.05, 3.63) is 69.8 Å². The van der Waals surface area contributed by atoms with Crippen LogP contribution in [0.25, 0.3) is 10.9 Å². The van der Waals surface area contributed by atoms with E-state index < -0.39 is 10.0 Å². The van der Waals surface area contributed by atoms with Crippen molar-refractivity contribution < 1.29 is 8.42 Å². The second-order valence-corrected chi connectivity index (χ2v) is 8.15. The van der Waals surface area contributed by atoms with Crippen LogP contribution in [0.3, 0.4) is 0 Å². The lowest BCUT2D eigenvalue weighted by molar-refractivity contribution is 0.581. The van der Waals surface area contributed by atoms with Crippen LogP contribution in [0.15, 0.2) is 48.7 Å². The van der Waals surface area contributed by atoms with Crippen LogP contribution >= 0.6 is 23.2 Å². The average Bonchev–Trinajstić information content (AvgIpc) is 2.92. The lowest BCUT2D eigenvalue weighted by Crippen LogP contribution is -2.27. The van der Waals surface area contributed by atoms with Gasteiger partial charge in [0.2, 0.25) is 10.0 Å². The summed E-state index contributed by atoms with van der Waals surface area (Å²) in [5.74, 6) is -0.133. The Labute approximate surface area is 150 Å². The van der Waals surface area contributed by atoms with Crippen molar-refractivity contribution in [3.63, 3.8) is 0 Å². The van der Waals surface area contributed by atoms with Crippen LogP contribution in [-0.2, 0) is 22.2 Å². The van der Waals surface area contributed by atoms with Gasteiger partial charge in [0.1, 0.15) is 0 Å². The molecule has 0 bridgehead atoms. The maximum absolute atomic E-state index is 12.2. The van der Waals surface area contributed by atoms with Crippen LogP contribution in [0.1, 0.15) is 11.1 Å². The van der Waals surface area contributed by atoms with Crippen molar-refractivity contribution in [2.75, 3.05) is 6.54 Å². The van der Waals surface area contributed by atoms with E-state index in [-0.39, 0.29) is 5.75 Å². The first kappa shape index (κ1) is 17.3. The van der Waals surface area contributed by atoms with Gasteiger partial charge in [0.05, 0.1) is 5.75 Å². The summed E-state index contributed by atoms with van der Waals surface area (Å²) >= 11 is 12.0. The molecule has 0 fully saturated rings. The molecule has 0 saturated carbocycles. The molecule has 2 aromatic carbocycles. The Morgan fingerprint density at radius 3 is 2.62 bits per heavy atom. The van der Waals surface area contributed by atoms with Gasteiger partial charge in [-0.2, -0.15) is 0 Å². The molecule has 3 rings (SSSR count). The van der Waals surface area contributed by atoms with Gasteiger partial charge in [-0.1, -0.05) is 41.4 Å². The molecule has 0 aliphatic heterocycles. The van der Waals surface area contributed by atoms with Gasteiger partial charge >= 0.3 is 0 Å². The van der Waals surface area contributed by atoms with Gasteiger partial charge in [-0.05, 0) is 41.8 Å². The van der Waals surface area contributed by atoms with E-state index >= 15 is 0 Å².